The molecule has 0 aliphatic carbocycles. The minimum absolute atomic E-state index is 0.317. The van der Waals surface area contributed by atoms with E-state index in [4.69, 9.17) is 4.99 Å². The van der Waals surface area contributed by atoms with Gasteiger partial charge in [0.25, 0.3) is 0 Å². The molecule has 0 unspecified atom stereocenters. The van der Waals surface area contributed by atoms with E-state index < -0.39 is 5.97 Å². The zero-order valence-corrected chi connectivity index (χ0v) is 13.5. The van der Waals surface area contributed by atoms with Gasteiger partial charge in [0.05, 0.1) is 11.3 Å². The molecule has 0 aliphatic rings. The van der Waals surface area contributed by atoms with Gasteiger partial charge in [0, 0.05) is 11.3 Å². The number of para-hydroxylation sites is 1. The Kier molecular flexibility index (Phi) is 6.55. The number of benzene rings is 2. The summed E-state index contributed by atoms with van der Waals surface area (Å²) in [6.45, 7) is 2.18. The Hall–Kier alpha value is -2.42. The summed E-state index contributed by atoms with van der Waals surface area (Å²) in [5.41, 5.74) is 2.75. The van der Waals surface area contributed by atoms with Gasteiger partial charge in [-0.1, -0.05) is 62.6 Å². The predicted octanol–water partition coefficient (Wildman–Crippen LogP) is 5.48. The molecule has 0 bridgehead atoms. The van der Waals surface area contributed by atoms with Crippen LogP contribution in [-0.2, 0) is 0 Å². The molecule has 23 heavy (non-hydrogen) atoms. The van der Waals surface area contributed by atoms with Crippen molar-refractivity contribution in [1.82, 2.24) is 0 Å². The molecule has 0 saturated heterocycles. The highest BCUT2D eigenvalue weighted by Gasteiger charge is 2.14. The zero-order chi connectivity index (χ0) is 16.5. The number of hydrogen-bond donors (Lipinski definition) is 1. The van der Waals surface area contributed by atoms with E-state index in [2.05, 4.69) is 6.92 Å². The van der Waals surface area contributed by atoms with Gasteiger partial charge in [0.2, 0.25) is 0 Å². The van der Waals surface area contributed by atoms with Gasteiger partial charge >= 0.3 is 5.97 Å². The molecule has 0 heterocycles. The molecular weight excluding hydrogens is 286 g/mol. The van der Waals surface area contributed by atoms with Crippen LogP contribution in [0, 0.1) is 0 Å². The number of carbonyl (C=O) groups is 1. The molecule has 0 atom stereocenters. The van der Waals surface area contributed by atoms with Crippen LogP contribution in [0.15, 0.2) is 59.6 Å². The van der Waals surface area contributed by atoms with Crippen molar-refractivity contribution in [2.75, 3.05) is 0 Å². The lowest BCUT2D eigenvalue weighted by Gasteiger charge is -2.10. The van der Waals surface area contributed by atoms with Gasteiger partial charge in [-0.05, 0) is 31.0 Å². The Morgan fingerprint density at radius 2 is 1.57 bits per heavy atom. The van der Waals surface area contributed by atoms with Crippen molar-refractivity contribution in [3.63, 3.8) is 0 Å². The molecule has 0 amide bonds. The van der Waals surface area contributed by atoms with Gasteiger partial charge in [-0.25, -0.2) is 4.79 Å². The third-order valence-corrected chi connectivity index (χ3v) is 3.76. The minimum atomic E-state index is -0.907. The number of nitrogens with zero attached hydrogens (tertiary/aromatic N) is 1. The highest BCUT2D eigenvalue weighted by Crippen LogP contribution is 2.20. The SMILES string of the molecule is CCCCCCC(=Nc1ccccc1)c1ccccc1C(=O)O. The monoisotopic (exact) mass is 309 g/mol. The largest absolute Gasteiger partial charge is 0.478 e. The molecule has 0 radical (unpaired) electrons. The summed E-state index contributed by atoms with van der Waals surface area (Å²) >= 11 is 0. The number of rotatable bonds is 8. The highest BCUT2D eigenvalue weighted by atomic mass is 16.4. The van der Waals surface area contributed by atoms with Crippen molar-refractivity contribution in [2.45, 2.75) is 39.0 Å². The molecule has 3 heteroatoms. The summed E-state index contributed by atoms with van der Waals surface area (Å²) in [7, 11) is 0. The first-order chi connectivity index (χ1) is 11.2. The van der Waals surface area contributed by atoms with Crippen LogP contribution in [0.4, 0.5) is 5.69 Å². The number of carboxylic acids is 1. The van der Waals surface area contributed by atoms with Crippen molar-refractivity contribution in [3.8, 4) is 0 Å². The lowest BCUT2D eigenvalue weighted by molar-refractivity contribution is 0.0696. The second kappa shape index (κ2) is 8.89. The molecule has 2 aromatic carbocycles. The van der Waals surface area contributed by atoms with Crippen molar-refractivity contribution >= 4 is 17.4 Å². The van der Waals surface area contributed by atoms with Crippen LogP contribution in [-0.4, -0.2) is 16.8 Å². The summed E-state index contributed by atoms with van der Waals surface area (Å²) in [6.07, 6.45) is 5.32. The van der Waals surface area contributed by atoms with Gasteiger partial charge in [0.15, 0.2) is 0 Å². The molecule has 0 spiro atoms. The normalized spacial score (nSPS) is 11.4. The molecule has 0 fully saturated rings. The maximum Gasteiger partial charge on any atom is 0.336 e. The number of carboxylic acid groups (broad SMARTS) is 1. The van der Waals surface area contributed by atoms with E-state index in [-0.39, 0.29) is 0 Å². The molecule has 3 nitrogen and oxygen atoms in total. The van der Waals surface area contributed by atoms with E-state index in [9.17, 15) is 9.90 Å². The average Bonchev–Trinajstić information content (AvgIpc) is 2.58. The fourth-order valence-corrected chi connectivity index (χ4v) is 2.55. The first-order valence-electron chi connectivity index (χ1n) is 8.17. The Morgan fingerprint density at radius 1 is 0.913 bits per heavy atom. The van der Waals surface area contributed by atoms with Gasteiger partial charge in [-0.2, -0.15) is 0 Å². The third-order valence-electron chi connectivity index (χ3n) is 3.76. The topological polar surface area (TPSA) is 49.7 Å². The van der Waals surface area contributed by atoms with Crippen LogP contribution in [0.1, 0.15) is 54.9 Å². The summed E-state index contributed by atoms with van der Waals surface area (Å²) < 4.78 is 0. The quantitative estimate of drug-likeness (QED) is 0.519. The minimum Gasteiger partial charge on any atom is -0.478 e. The molecule has 2 rings (SSSR count). The van der Waals surface area contributed by atoms with Crippen LogP contribution in [0.3, 0.4) is 0 Å². The van der Waals surface area contributed by atoms with Gasteiger partial charge in [-0.3, -0.25) is 4.99 Å². The average molecular weight is 309 g/mol. The molecule has 0 aromatic heterocycles. The number of unbranched alkanes of at least 4 members (excludes halogenated alkanes) is 3. The second-order valence-corrected chi connectivity index (χ2v) is 5.56. The first kappa shape index (κ1) is 16.9. The Balaban J connectivity index is 2.34. The molecule has 1 N–H and O–H groups in total. The zero-order valence-electron chi connectivity index (χ0n) is 13.5. The van der Waals surface area contributed by atoms with Gasteiger partial charge in [0.1, 0.15) is 0 Å². The Morgan fingerprint density at radius 3 is 2.22 bits per heavy atom. The Bertz CT molecular complexity index is 662. The van der Waals surface area contributed by atoms with E-state index in [0.717, 1.165) is 36.2 Å². The molecule has 120 valence electrons. The van der Waals surface area contributed by atoms with E-state index in [1.54, 1.807) is 12.1 Å². The second-order valence-electron chi connectivity index (χ2n) is 5.56. The highest BCUT2D eigenvalue weighted by molar-refractivity contribution is 6.09. The summed E-state index contributed by atoms with van der Waals surface area (Å²) in [4.78, 5) is 16.2. The summed E-state index contributed by atoms with van der Waals surface area (Å²) in [5.74, 6) is -0.907. The van der Waals surface area contributed by atoms with Crippen LogP contribution in [0.25, 0.3) is 0 Å². The summed E-state index contributed by atoms with van der Waals surface area (Å²) in [5, 5.41) is 9.44. The first-order valence-corrected chi connectivity index (χ1v) is 8.17. The lowest BCUT2D eigenvalue weighted by atomic mass is 9.98. The standard InChI is InChI=1S/C20H23NO2/c1-2-3-4-8-15-19(21-16-11-6-5-7-12-16)17-13-9-10-14-18(17)20(22)23/h5-7,9-14H,2-4,8,15H2,1H3,(H,22,23). The number of aliphatic imine (C=N–C) groups is 1. The van der Waals surface area contributed by atoms with E-state index in [1.807, 2.05) is 42.5 Å². The molecular formula is C20H23NO2. The number of aromatic carboxylic acids is 1. The van der Waals surface area contributed by atoms with Crippen LogP contribution in [0.5, 0.6) is 0 Å². The fraction of sp³-hybridized carbons (Fsp3) is 0.300. The maximum atomic E-state index is 11.5. The maximum absolute atomic E-state index is 11.5. The third kappa shape index (κ3) is 5.06. The van der Waals surface area contributed by atoms with Crippen molar-refractivity contribution < 1.29 is 9.90 Å². The van der Waals surface area contributed by atoms with E-state index in [1.165, 1.54) is 12.8 Å². The molecule has 0 aliphatic heterocycles. The predicted molar refractivity (Wildman–Crippen MR) is 94.8 cm³/mol. The Labute approximate surface area is 137 Å². The van der Waals surface area contributed by atoms with Crippen LogP contribution < -0.4 is 0 Å². The van der Waals surface area contributed by atoms with E-state index >= 15 is 0 Å². The van der Waals surface area contributed by atoms with Crippen LogP contribution >= 0.6 is 0 Å². The summed E-state index contributed by atoms with van der Waals surface area (Å²) in [6, 6.07) is 16.8. The fourth-order valence-electron chi connectivity index (χ4n) is 2.55. The van der Waals surface area contributed by atoms with Crippen molar-refractivity contribution in [1.29, 1.82) is 0 Å². The van der Waals surface area contributed by atoms with Crippen molar-refractivity contribution in [2.24, 2.45) is 4.99 Å². The van der Waals surface area contributed by atoms with Gasteiger partial charge < -0.3 is 5.11 Å². The van der Waals surface area contributed by atoms with E-state index in [0.29, 0.717) is 5.56 Å². The number of hydrogen-bond acceptors (Lipinski definition) is 2. The smallest absolute Gasteiger partial charge is 0.336 e. The lowest BCUT2D eigenvalue weighted by Crippen LogP contribution is -2.09. The molecule has 0 saturated carbocycles. The van der Waals surface area contributed by atoms with Crippen molar-refractivity contribution in [3.05, 3.63) is 65.7 Å². The van der Waals surface area contributed by atoms with Gasteiger partial charge in [-0.15, -0.1) is 0 Å². The molecule has 2 aromatic rings. The van der Waals surface area contributed by atoms with Crippen LogP contribution in [0.2, 0.25) is 0 Å².